The molecule has 0 saturated carbocycles. The highest BCUT2D eigenvalue weighted by molar-refractivity contribution is 7.80. The average Bonchev–Trinajstić information content (AvgIpc) is 2.37. The topological polar surface area (TPSA) is 30.5 Å². The first-order chi connectivity index (χ1) is 8.21. The molecular formula is C13H19NO2S. The fourth-order valence-electron chi connectivity index (χ4n) is 1.53. The van der Waals surface area contributed by atoms with Crippen molar-refractivity contribution >= 4 is 17.2 Å². The minimum atomic E-state index is 0.638. The number of thiocarbonyl (C=S) groups is 1. The summed E-state index contributed by atoms with van der Waals surface area (Å²) in [4.78, 5) is 0.873. The summed E-state index contributed by atoms with van der Waals surface area (Å²) in [6, 6.07) is 6.00. The maximum Gasteiger partial charge on any atom is 0.161 e. The van der Waals surface area contributed by atoms with Crippen LogP contribution < -0.4 is 14.8 Å². The standard InChI is InChI=1S/C13H19NO2S/c1-4-16-11-7-5-10(9-12(11)15-3)6-8-13(17)14-2/h5,7,9H,4,6,8H2,1-3H3,(H,14,17). The summed E-state index contributed by atoms with van der Waals surface area (Å²) in [6.45, 7) is 2.60. The highest BCUT2D eigenvalue weighted by atomic mass is 32.1. The second kappa shape index (κ2) is 7.12. The zero-order valence-corrected chi connectivity index (χ0v) is 11.4. The molecule has 1 rings (SSSR count). The van der Waals surface area contributed by atoms with Crippen LogP contribution in [0.4, 0.5) is 0 Å². The number of ether oxygens (including phenoxy) is 2. The van der Waals surface area contributed by atoms with Crippen LogP contribution in [0.25, 0.3) is 0 Å². The third-order valence-electron chi connectivity index (χ3n) is 2.45. The maximum absolute atomic E-state index is 5.47. The minimum Gasteiger partial charge on any atom is -0.493 e. The predicted octanol–water partition coefficient (Wildman–Crippen LogP) is 2.57. The van der Waals surface area contributed by atoms with E-state index >= 15 is 0 Å². The molecule has 0 aliphatic carbocycles. The molecule has 0 aliphatic heterocycles. The molecule has 0 radical (unpaired) electrons. The van der Waals surface area contributed by atoms with Crippen LogP contribution in [0.3, 0.4) is 0 Å². The molecule has 4 heteroatoms. The van der Waals surface area contributed by atoms with Gasteiger partial charge in [0.15, 0.2) is 11.5 Å². The summed E-state index contributed by atoms with van der Waals surface area (Å²) in [7, 11) is 3.50. The quantitative estimate of drug-likeness (QED) is 0.789. The monoisotopic (exact) mass is 253 g/mol. The summed E-state index contributed by atoms with van der Waals surface area (Å²) >= 11 is 5.12. The van der Waals surface area contributed by atoms with E-state index in [1.807, 2.05) is 32.2 Å². The molecule has 3 nitrogen and oxygen atoms in total. The molecule has 0 atom stereocenters. The van der Waals surface area contributed by atoms with E-state index in [4.69, 9.17) is 21.7 Å². The lowest BCUT2D eigenvalue weighted by atomic mass is 10.1. The van der Waals surface area contributed by atoms with Crippen LogP contribution in [-0.4, -0.2) is 25.8 Å². The second-order valence-corrected chi connectivity index (χ2v) is 4.08. The lowest BCUT2D eigenvalue weighted by Crippen LogP contribution is -2.15. The van der Waals surface area contributed by atoms with Gasteiger partial charge in [0.25, 0.3) is 0 Å². The number of hydrogen-bond acceptors (Lipinski definition) is 3. The molecule has 1 N–H and O–H groups in total. The first-order valence-corrected chi connectivity index (χ1v) is 6.12. The van der Waals surface area contributed by atoms with Crippen molar-refractivity contribution in [2.24, 2.45) is 0 Å². The summed E-state index contributed by atoms with van der Waals surface area (Å²) in [5, 5.41) is 2.97. The predicted molar refractivity (Wildman–Crippen MR) is 74.1 cm³/mol. The summed E-state index contributed by atoms with van der Waals surface area (Å²) in [5.74, 6) is 1.56. The zero-order valence-electron chi connectivity index (χ0n) is 10.6. The van der Waals surface area contributed by atoms with Crippen molar-refractivity contribution in [1.82, 2.24) is 5.32 Å². The molecule has 0 spiro atoms. The largest absolute Gasteiger partial charge is 0.493 e. The first kappa shape index (κ1) is 13.8. The van der Waals surface area contributed by atoms with Gasteiger partial charge in [-0.3, -0.25) is 0 Å². The first-order valence-electron chi connectivity index (χ1n) is 5.71. The number of hydrogen-bond donors (Lipinski definition) is 1. The number of methoxy groups -OCH3 is 1. The van der Waals surface area contributed by atoms with E-state index in [0.29, 0.717) is 6.61 Å². The zero-order chi connectivity index (χ0) is 12.7. The summed E-state index contributed by atoms with van der Waals surface area (Å²) in [5.41, 5.74) is 1.20. The van der Waals surface area contributed by atoms with Crippen LogP contribution in [-0.2, 0) is 6.42 Å². The van der Waals surface area contributed by atoms with E-state index in [1.165, 1.54) is 5.56 Å². The average molecular weight is 253 g/mol. The van der Waals surface area contributed by atoms with Gasteiger partial charge in [0, 0.05) is 13.5 Å². The van der Waals surface area contributed by atoms with E-state index in [9.17, 15) is 0 Å². The van der Waals surface area contributed by atoms with Crippen molar-refractivity contribution in [2.75, 3.05) is 20.8 Å². The summed E-state index contributed by atoms with van der Waals surface area (Å²) < 4.78 is 10.8. The fourth-order valence-corrected chi connectivity index (χ4v) is 1.63. The van der Waals surface area contributed by atoms with Crippen molar-refractivity contribution in [3.8, 4) is 11.5 Å². The van der Waals surface area contributed by atoms with Crippen molar-refractivity contribution in [1.29, 1.82) is 0 Å². The van der Waals surface area contributed by atoms with Crippen molar-refractivity contribution in [3.05, 3.63) is 23.8 Å². The van der Waals surface area contributed by atoms with Crippen LogP contribution >= 0.6 is 12.2 Å². The Kier molecular flexibility index (Phi) is 5.77. The molecule has 0 aromatic heterocycles. The lowest BCUT2D eigenvalue weighted by Gasteiger charge is -2.11. The molecular weight excluding hydrogens is 234 g/mol. The van der Waals surface area contributed by atoms with Gasteiger partial charge in [-0.1, -0.05) is 18.3 Å². The van der Waals surface area contributed by atoms with E-state index in [1.54, 1.807) is 7.11 Å². The molecule has 0 unspecified atom stereocenters. The third kappa shape index (κ3) is 4.23. The maximum atomic E-state index is 5.47. The molecule has 94 valence electrons. The van der Waals surface area contributed by atoms with Crippen LogP contribution in [0, 0.1) is 0 Å². The van der Waals surface area contributed by atoms with Gasteiger partial charge in [0.05, 0.1) is 18.7 Å². The SMILES string of the molecule is CCOc1ccc(CCC(=S)NC)cc1OC. The number of benzene rings is 1. The highest BCUT2D eigenvalue weighted by Gasteiger charge is 2.05. The number of aryl methyl sites for hydroxylation is 1. The van der Waals surface area contributed by atoms with E-state index < -0.39 is 0 Å². The second-order valence-electron chi connectivity index (χ2n) is 3.59. The Bertz CT molecular complexity index is 380. The molecule has 0 heterocycles. The van der Waals surface area contributed by atoms with Gasteiger partial charge in [0.2, 0.25) is 0 Å². The smallest absolute Gasteiger partial charge is 0.161 e. The molecule has 17 heavy (non-hydrogen) atoms. The van der Waals surface area contributed by atoms with Gasteiger partial charge in [-0.25, -0.2) is 0 Å². The van der Waals surface area contributed by atoms with Crippen LogP contribution in [0.2, 0.25) is 0 Å². The molecule has 0 bridgehead atoms. The van der Waals surface area contributed by atoms with Crippen molar-refractivity contribution in [3.63, 3.8) is 0 Å². The molecule has 0 fully saturated rings. The van der Waals surface area contributed by atoms with Gasteiger partial charge >= 0.3 is 0 Å². The Morgan fingerprint density at radius 3 is 2.71 bits per heavy atom. The van der Waals surface area contributed by atoms with Crippen LogP contribution in [0.5, 0.6) is 11.5 Å². The minimum absolute atomic E-state index is 0.638. The van der Waals surface area contributed by atoms with Gasteiger partial charge in [-0.05, 0) is 31.0 Å². The van der Waals surface area contributed by atoms with Gasteiger partial charge in [-0.15, -0.1) is 0 Å². The Hall–Kier alpha value is -1.29. The van der Waals surface area contributed by atoms with Crippen LogP contribution in [0.1, 0.15) is 18.9 Å². The Morgan fingerprint density at radius 1 is 1.35 bits per heavy atom. The van der Waals surface area contributed by atoms with E-state index in [-0.39, 0.29) is 0 Å². The van der Waals surface area contributed by atoms with Crippen LogP contribution in [0.15, 0.2) is 18.2 Å². The molecule has 1 aromatic carbocycles. The van der Waals surface area contributed by atoms with Gasteiger partial charge < -0.3 is 14.8 Å². The summed E-state index contributed by atoms with van der Waals surface area (Å²) in [6.07, 6.45) is 1.76. The Balaban J connectivity index is 2.71. The molecule has 0 amide bonds. The molecule has 0 aliphatic rings. The van der Waals surface area contributed by atoms with E-state index in [0.717, 1.165) is 29.3 Å². The van der Waals surface area contributed by atoms with E-state index in [2.05, 4.69) is 5.32 Å². The fraction of sp³-hybridized carbons (Fsp3) is 0.462. The molecule has 1 aromatic rings. The normalized spacial score (nSPS) is 9.82. The Labute approximate surface area is 108 Å². The number of nitrogens with one attached hydrogen (secondary N) is 1. The van der Waals surface area contributed by atoms with Gasteiger partial charge in [0.1, 0.15) is 0 Å². The van der Waals surface area contributed by atoms with Gasteiger partial charge in [-0.2, -0.15) is 0 Å². The molecule has 0 saturated heterocycles. The Morgan fingerprint density at radius 2 is 2.12 bits per heavy atom. The highest BCUT2D eigenvalue weighted by Crippen LogP contribution is 2.28. The third-order valence-corrected chi connectivity index (χ3v) is 2.86. The van der Waals surface area contributed by atoms with Crippen molar-refractivity contribution in [2.45, 2.75) is 19.8 Å². The number of rotatable bonds is 6. The van der Waals surface area contributed by atoms with Crippen molar-refractivity contribution < 1.29 is 9.47 Å². The lowest BCUT2D eigenvalue weighted by molar-refractivity contribution is 0.310.